The van der Waals surface area contributed by atoms with Gasteiger partial charge in [-0.1, -0.05) is 143 Å². The van der Waals surface area contributed by atoms with Crippen molar-refractivity contribution in [2.24, 2.45) is 0 Å². The van der Waals surface area contributed by atoms with Gasteiger partial charge in [0.05, 0.1) is 0 Å². The summed E-state index contributed by atoms with van der Waals surface area (Å²) in [6.45, 7) is 0. The Morgan fingerprint density at radius 1 is 0.425 bits per heavy atom. The van der Waals surface area contributed by atoms with E-state index in [1.165, 1.54) is 21.2 Å². The monoisotopic (exact) mass is 810 g/mol. The summed E-state index contributed by atoms with van der Waals surface area (Å²) in [5.74, 6) is 0. The Hall–Kier alpha value is -1.42. The third kappa shape index (κ3) is 9.85. The molecule has 0 aliphatic rings. The summed E-state index contributed by atoms with van der Waals surface area (Å²) >= 11 is 6.80. The molecule has 6 heteroatoms. The zero-order valence-corrected chi connectivity index (χ0v) is 28.5. The van der Waals surface area contributed by atoms with Crippen molar-refractivity contribution >= 4 is 74.5 Å². The van der Waals surface area contributed by atoms with E-state index in [-0.39, 0.29) is 17.1 Å². The average molecular weight is 813 g/mol. The van der Waals surface area contributed by atoms with Crippen LogP contribution in [0.25, 0.3) is 0 Å². The zero-order valence-electron chi connectivity index (χ0n) is 20.9. The molecule has 0 fully saturated rings. The third-order valence-electron chi connectivity index (χ3n) is 5.35. The Kier molecular flexibility index (Phi) is 15.6. The van der Waals surface area contributed by atoms with Gasteiger partial charge in [-0.25, -0.2) is 15.8 Å². The first-order valence-electron chi connectivity index (χ1n) is 11.7. The van der Waals surface area contributed by atoms with E-state index in [0.29, 0.717) is 13.9 Å². The fourth-order valence-electron chi connectivity index (χ4n) is 3.77. The first-order valence-corrected chi connectivity index (χ1v) is 21.5. The van der Waals surface area contributed by atoms with Crippen molar-refractivity contribution in [2.45, 2.75) is 0 Å². The van der Waals surface area contributed by atoms with Crippen LogP contribution in [-0.4, -0.2) is 0 Å². The summed E-state index contributed by atoms with van der Waals surface area (Å²) in [7, 11) is -1.17. The molecule has 6 rings (SSSR count). The van der Waals surface area contributed by atoms with Crippen LogP contribution in [-0.2, 0) is 31.0 Å². The molecular weight excluding hydrogens is 792 g/mol. The minimum atomic E-state index is -0.583. The first-order chi connectivity index (χ1) is 19.3. The molecule has 6 aromatic rings. The van der Waals surface area contributed by atoms with E-state index >= 15 is 0 Å². The van der Waals surface area contributed by atoms with Gasteiger partial charge >= 0.3 is 40.8 Å². The molecular formula is C34H20Br2FeP2Pd-10. The number of benzene rings is 4. The van der Waals surface area contributed by atoms with Crippen molar-refractivity contribution in [3.05, 3.63) is 170 Å². The summed E-state index contributed by atoms with van der Waals surface area (Å²) < 4.78 is 0. The van der Waals surface area contributed by atoms with Crippen LogP contribution in [0.15, 0.2) is 121 Å². The Bertz CT molecular complexity index is 1240. The van der Waals surface area contributed by atoms with Gasteiger partial charge in [0.15, 0.2) is 0 Å². The average Bonchev–Trinajstić information content (AvgIpc) is 3.72. The largest absolute Gasteiger partial charge is 0.998 e. The molecule has 0 saturated heterocycles. The van der Waals surface area contributed by atoms with Gasteiger partial charge in [-0.05, 0) is 0 Å². The molecule has 40 heavy (non-hydrogen) atoms. The summed E-state index contributed by atoms with van der Waals surface area (Å²) in [6.07, 6.45) is 0. The number of rotatable bonds is 6. The molecule has 0 amide bonds. The number of hydrogen-bond donors (Lipinski definition) is 0. The summed E-state index contributed by atoms with van der Waals surface area (Å²) in [4.78, 5) is 0. The van der Waals surface area contributed by atoms with Gasteiger partial charge in [0.1, 0.15) is 0 Å². The predicted molar refractivity (Wildman–Crippen MR) is 170 cm³/mol. The topological polar surface area (TPSA) is 0 Å². The molecule has 0 heterocycles. The van der Waals surface area contributed by atoms with E-state index in [9.17, 15) is 0 Å². The van der Waals surface area contributed by atoms with E-state index in [0.717, 1.165) is 10.6 Å². The van der Waals surface area contributed by atoms with Crippen LogP contribution in [0.1, 0.15) is 0 Å². The molecule has 0 unspecified atom stereocenters. The Morgan fingerprint density at radius 2 is 0.625 bits per heavy atom. The molecule has 0 nitrogen and oxygen atoms in total. The normalized spacial score (nSPS) is 10.2. The maximum Gasteiger partial charge on any atom is 0 e. The molecule has 0 aromatic heterocycles. The maximum atomic E-state index is 3.13. The fraction of sp³-hybridized carbons (Fsp3) is 0. The molecule has 208 valence electrons. The van der Waals surface area contributed by atoms with E-state index in [2.05, 4.69) is 172 Å². The second-order valence-electron chi connectivity index (χ2n) is 7.76. The van der Waals surface area contributed by atoms with Crippen molar-refractivity contribution in [2.75, 3.05) is 0 Å². The SMILES string of the molecule is [Br][Pd][Br].[Fe].[c-]1[c-][c-][c-](P(c2ccccc2)c2ccccc2)[c-]1.[c-]1[c-][c-][c-](P(c2ccccc2)c2ccccc2)[c-]1. The molecule has 0 N–H and O–H groups in total. The van der Waals surface area contributed by atoms with Gasteiger partial charge in [-0.15, -0.1) is 0 Å². The maximum absolute atomic E-state index is 3.13. The van der Waals surface area contributed by atoms with Crippen molar-refractivity contribution in [1.29, 1.82) is 0 Å². The second-order valence-corrected chi connectivity index (χ2v) is 19.2. The van der Waals surface area contributed by atoms with Crippen molar-refractivity contribution < 1.29 is 31.0 Å². The summed E-state index contributed by atoms with van der Waals surface area (Å²) in [5, 5.41) is 7.33. The molecule has 6 aromatic carbocycles. The quantitative estimate of drug-likeness (QED) is 0.104. The van der Waals surface area contributed by atoms with Gasteiger partial charge in [-0.2, -0.15) is 0 Å². The first kappa shape index (κ1) is 33.1. The van der Waals surface area contributed by atoms with Crippen LogP contribution in [0.2, 0.25) is 0 Å². The smallest absolute Gasteiger partial charge is 0 e. The molecule has 0 spiro atoms. The predicted octanol–water partition coefficient (Wildman–Crippen LogP) is 6.42. The van der Waals surface area contributed by atoms with E-state index < -0.39 is 15.8 Å². The molecule has 0 saturated carbocycles. The van der Waals surface area contributed by atoms with Crippen LogP contribution < -0.4 is 31.8 Å². The van der Waals surface area contributed by atoms with Gasteiger partial charge in [0.2, 0.25) is 0 Å². The van der Waals surface area contributed by atoms with E-state index in [1.807, 2.05) is 24.3 Å². The number of hydrogen-bond acceptors (Lipinski definition) is 0. The van der Waals surface area contributed by atoms with Gasteiger partial charge < -0.3 is 59.1 Å². The van der Waals surface area contributed by atoms with E-state index in [4.69, 9.17) is 0 Å². The van der Waals surface area contributed by atoms with Crippen LogP contribution in [0.3, 0.4) is 0 Å². The van der Waals surface area contributed by atoms with Crippen LogP contribution >= 0.6 is 42.7 Å². The molecule has 0 radical (unpaired) electrons. The Morgan fingerprint density at radius 3 is 0.825 bits per heavy atom. The Balaban J connectivity index is 0.000000197. The molecule has 0 aliphatic heterocycles. The molecule has 0 bridgehead atoms. The minimum absolute atomic E-state index is 0. The standard InChI is InChI=1S/2C17H10P.2BrH.Fe.Pd/c2*1-3-9-15(10-4-1)18(17-13-7-8-14-17)16-11-5-2-6-12-16;;;;/h2*1-6,9-12H;2*1H;;/q2*-5;;;;+2/p-2. The summed E-state index contributed by atoms with van der Waals surface area (Å²) in [6, 6.07) is 66.0. The van der Waals surface area contributed by atoms with Gasteiger partial charge in [-0.3, -0.25) is 0 Å². The minimum Gasteiger partial charge on any atom is -0.998 e. The van der Waals surface area contributed by atoms with Crippen molar-refractivity contribution in [3.63, 3.8) is 0 Å². The van der Waals surface area contributed by atoms with Crippen molar-refractivity contribution in [3.8, 4) is 0 Å². The fourth-order valence-corrected chi connectivity index (χ4v) is 7.95. The van der Waals surface area contributed by atoms with Gasteiger partial charge in [0.25, 0.3) is 0 Å². The molecule has 0 atom stereocenters. The van der Waals surface area contributed by atoms with Crippen LogP contribution in [0.5, 0.6) is 0 Å². The van der Waals surface area contributed by atoms with Crippen molar-refractivity contribution in [1.82, 2.24) is 0 Å². The van der Waals surface area contributed by atoms with Crippen LogP contribution in [0.4, 0.5) is 0 Å². The van der Waals surface area contributed by atoms with E-state index in [1.54, 1.807) is 0 Å². The number of halogens is 2. The van der Waals surface area contributed by atoms with Gasteiger partial charge in [0, 0.05) is 17.1 Å². The third-order valence-corrected chi connectivity index (χ3v) is 9.95. The summed E-state index contributed by atoms with van der Waals surface area (Å²) in [5.41, 5.74) is 0. The molecule has 0 aliphatic carbocycles. The second kappa shape index (κ2) is 18.9. The zero-order chi connectivity index (χ0) is 27.1. The van der Waals surface area contributed by atoms with Crippen LogP contribution in [0, 0.1) is 48.5 Å². The Labute approximate surface area is 273 Å².